The Balaban J connectivity index is 1.61. The van der Waals surface area contributed by atoms with Crippen LogP contribution in [-0.4, -0.2) is 44.9 Å². The van der Waals surface area contributed by atoms with Gasteiger partial charge in [-0.3, -0.25) is 4.79 Å². The fourth-order valence-corrected chi connectivity index (χ4v) is 3.23. The SMILES string of the molecule is Cn1cccc1[C@H]1COCCN1C(=O)c1cnn(-c2ccccc2)c1. The number of para-hydroxylation sites is 1. The molecule has 0 saturated carbocycles. The first-order valence-corrected chi connectivity index (χ1v) is 8.34. The molecule has 1 saturated heterocycles. The number of aryl methyl sites for hydroxylation is 1. The van der Waals surface area contributed by atoms with Gasteiger partial charge in [0.25, 0.3) is 5.91 Å². The molecule has 1 fully saturated rings. The van der Waals surface area contributed by atoms with E-state index in [4.69, 9.17) is 4.74 Å². The highest BCUT2D eigenvalue weighted by Gasteiger charge is 2.31. The third-order valence-corrected chi connectivity index (χ3v) is 4.56. The van der Waals surface area contributed by atoms with E-state index in [1.54, 1.807) is 17.1 Å². The number of rotatable bonds is 3. The van der Waals surface area contributed by atoms with E-state index >= 15 is 0 Å². The number of carbonyl (C=O) groups is 1. The van der Waals surface area contributed by atoms with Crippen molar-refractivity contribution >= 4 is 5.91 Å². The topological polar surface area (TPSA) is 52.3 Å². The summed E-state index contributed by atoms with van der Waals surface area (Å²) in [5.41, 5.74) is 2.59. The van der Waals surface area contributed by atoms with Crippen LogP contribution in [0, 0.1) is 0 Å². The lowest BCUT2D eigenvalue weighted by Crippen LogP contribution is -2.43. The normalized spacial score (nSPS) is 17.6. The van der Waals surface area contributed by atoms with Crippen molar-refractivity contribution in [2.45, 2.75) is 6.04 Å². The second-order valence-electron chi connectivity index (χ2n) is 6.14. The molecule has 3 heterocycles. The second kappa shape index (κ2) is 6.57. The minimum absolute atomic E-state index is 0.0170. The van der Waals surface area contributed by atoms with Gasteiger partial charge in [0.15, 0.2) is 0 Å². The maximum absolute atomic E-state index is 13.1. The Kier molecular flexibility index (Phi) is 4.11. The van der Waals surface area contributed by atoms with Gasteiger partial charge >= 0.3 is 0 Å². The van der Waals surface area contributed by atoms with E-state index in [1.807, 2.05) is 65.2 Å². The fraction of sp³-hybridized carbons (Fsp3) is 0.263. The highest BCUT2D eigenvalue weighted by atomic mass is 16.5. The molecule has 3 aromatic rings. The van der Waals surface area contributed by atoms with Gasteiger partial charge in [0.05, 0.1) is 36.7 Å². The molecule has 0 spiro atoms. The maximum atomic E-state index is 13.1. The zero-order valence-electron chi connectivity index (χ0n) is 14.1. The highest BCUT2D eigenvalue weighted by Crippen LogP contribution is 2.26. The maximum Gasteiger partial charge on any atom is 0.257 e. The van der Waals surface area contributed by atoms with Gasteiger partial charge in [-0.05, 0) is 24.3 Å². The number of benzene rings is 1. The number of aromatic nitrogens is 3. The van der Waals surface area contributed by atoms with Crippen LogP contribution in [0.2, 0.25) is 0 Å². The summed E-state index contributed by atoms with van der Waals surface area (Å²) in [5, 5.41) is 4.34. The van der Waals surface area contributed by atoms with E-state index in [9.17, 15) is 4.79 Å². The number of hydrogen-bond donors (Lipinski definition) is 0. The van der Waals surface area contributed by atoms with Gasteiger partial charge in [0.1, 0.15) is 0 Å². The number of amides is 1. The first-order chi connectivity index (χ1) is 12.2. The van der Waals surface area contributed by atoms with Crippen molar-refractivity contribution in [3.05, 3.63) is 72.3 Å². The molecule has 6 heteroatoms. The van der Waals surface area contributed by atoms with E-state index in [1.165, 1.54) is 0 Å². The van der Waals surface area contributed by atoms with Gasteiger partial charge < -0.3 is 14.2 Å². The van der Waals surface area contributed by atoms with Crippen molar-refractivity contribution in [3.8, 4) is 5.69 Å². The Morgan fingerprint density at radius 1 is 1.20 bits per heavy atom. The molecule has 0 aliphatic carbocycles. The number of carbonyl (C=O) groups excluding carboxylic acids is 1. The Morgan fingerprint density at radius 3 is 2.80 bits per heavy atom. The van der Waals surface area contributed by atoms with Crippen LogP contribution in [0.25, 0.3) is 5.69 Å². The molecule has 25 heavy (non-hydrogen) atoms. The summed E-state index contributed by atoms with van der Waals surface area (Å²) in [7, 11) is 1.99. The Labute approximate surface area is 146 Å². The van der Waals surface area contributed by atoms with Crippen molar-refractivity contribution in [1.82, 2.24) is 19.2 Å². The van der Waals surface area contributed by atoms with Crippen LogP contribution in [0.4, 0.5) is 0 Å². The molecule has 1 aromatic carbocycles. The van der Waals surface area contributed by atoms with Gasteiger partial charge in [0, 0.05) is 31.7 Å². The molecule has 1 amide bonds. The van der Waals surface area contributed by atoms with Gasteiger partial charge in [-0.2, -0.15) is 5.10 Å². The van der Waals surface area contributed by atoms with Crippen molar-refractivity contribution < 1.29 is 9.53 Å². The van der Waals surface area contributed by atoms with E-state index < -0.39 is 0 Å². The van der Waals surface area contributed by atoms with Gasteiger partial charge in [0.2, 0.25) is 0 Å². The lowest BCUT2D eigenvalue weighted by Gasteiger charge is -2.35. The second-order valence-corrected chi connectivity index (χ2v) is 6.14. The number of hydrogen-bond acceptors (Lipinski definition) is 3. The molecule has 128 valence electrons. The standard InChI is InChI=1S/C19H20N4O2/c1-21-9-5-8-17(21)18-14-25-11-10-22(18)19(24)15-12-20-23(13-15)16-6-3-2-4-7-16/h2-9,12-13,18H,10-11,14H2,1H3/t18-/m1/s1. The van der Waals surface area contributed by atoms with Crippen LogP contribution in [-0.2, 0) is 11.8 Å². The molecule has 1 aliphatic heterocycles. The zero-order valence-corrected chi connectivity index (χ0v) is 14.1. The molecule has 1 atom stereocenters. The first-order valence-electron chi connectivity index (χ1n) is 8.34. The Hall–Kier alpha value is -2.86. The molecular weight excluding hydrogens is 316 g/mol. The number of nitrogens with zero attached hydrogens (tertiary/aromatic N) is 4. The average molecular weight is 336 g/mol. The van der Waals surface area contributed by atoms with E-state index in [2.05, 4.69) is 5.10 Å². The smallest absolute Gasteiger partial charge is 0.257 e. The molecule has 4 rings (SSSR count). The summed E-state index contributed by atoms with van der Waals surface area (Å²) in [6.07, 6.45) is 5.40. The largest absolute Gasteiger partial charge is 0.377 e. The average Bonchev–Trinajstić information content (AvgIpc) is 3.31. The van der Waals surface area contributed by atoms with E-state index in [0.29, 0.717) is 25.3 Å². The van der Waals surface area contributed by atoms with Crippen LogP contribution in [0.3, 0.4) is 0 Å². The number of ether oxygens (including phenoxy) is 1. The summed E-state index contributed by atoms with van der Waals surface area (Å²) >= 11 is 0. The molecule has 0 bridgehead atoms. The predicted octanol–water partition coefficient (Wildman–Crippen LogP) is 2.42. The first kappa shape index (κ1) is 15.7. The third kappa shape index (κ3) is 2.96. The Bertz CT molecular complexity index is 868. The quantitative estimate of drug-likeness (QED) is 0.738. The summed E-state index contributed by atoms with van der Waals surface area (Å²) in [6, 6.07) is 13.7. The highest BCUT2D eigenvalue weighted by molar-refractivity contribution is 5.94. The molecule has 0 radical (unpaired) electrons. The van der Waals surface area contributed by atoms with Crippen LogP contribution >= 0.6 is 0 Å². The molecule has 2 aromatic heterocycles. The van der Waals surface area contributed by atoms with Crippen LogP contribution in [0.15, 0.2) is 61.1 Å². The van der Waals surface area contributed by atoms with Crippen molar-refractivity contribution in [2.24, 2.45) is 7.05 Å². The lowest BCUT2D eigenvalue weighted by molar-refractivity contribution is -0.00463. The zero-order chi connectivity index (χ0) is 17.2. The molecule has 0 N–H and O–H groups in total. The van der Waals surface area contributed by atoms with Crippen molar-refractivity contribution in [3.63, 3.8) is 0 Å². The summed E-state index contributed by atoms with van der Waals surface area (Å²) in [4.78, 5) is 14.9. The van der Waals surface area contributed by atoms with Crippen LogP contribution < -0.4 is 0 Å². The van der Waals surface area contributed by atoms with Crippen LogP contribution in [0.1, 0.15) is 22.1 Å². The fourth-order valence-electron chi connectivity index (χ4n) is 3.23. The summed E-state index contributed by atoms with van der Waals surface area (Å²) < 4.78 is 9.39. The molecule has 0 unspecified atom stereocenters. The summed E-state index contributed by atoms with van der Waals surface area (Å²) in [6.45, 7) is 1.64. The summed E-state index contributed by atoms with van der Waals surface area (Å²) in [5.74, 6) is -0.0170. The predicted molar refractivity (Wildman–Crippen MR) is 93.6 cm³/mol. The number of morpholine rings is 1. The minimum Gasteiger partial charge on any atom is -0.377 e. The Morgan fingerprint density at radius 2 is 2.04 bits per heavy atom. The van der Waals surface area contributed by atoms with Crippen LogP contribution in [0.5, 0.6) is 0 Å². The minimum atomic E-state index is -0.0821. The lowest BCUT2D eigenvalue weighted by atomic mass is 10.1. The van der Waals surface area contributed by atoms with Crippen molar-refractivity contribution in [2.75, 3.05) is 19.8 Å². The van der Waals surface area contributed by atoms with Crippen molar-refractivity contribution in [1.29, 1.82) is 0 Å². The van der Waals surface area contributed by atoms with E-state index in [0.717, 1.165) is 11.4 Å². The van der Waals surface area contributed by atoms with Gasteiger partial charge in [-0.25, -0.2) is 4.68 Å². The van der Waals surface area contributed by atoms with E-state index in [-0.39, 0.29) is 11.9 Å². The third-order valence-electron chi connectivity index (χ3n) is 4.56. The van der Waals surface area contributed by atoms with Gasteiger partial charge in [-0.1, -0.05) is 18.2 Å². The molecular formula is C19H20N4O2. The molecule has 6 nitrogen and oxygen atoms in total. The van der Waals surface area contributed by atoms with Gasteiger partial charge in [-0.15, -0.1) is 0 Å². The monoisotopic (exact) mass is 336 g/mol. The molecule has 1 aliphatic rings.